The summed E-state index contributed by atoms with van der Waals surface area (Å²) in [6, 6.07) is 0.545. The van der Waals surface area contributed by atoms with E-state index >= 15 is 0 Å². The Morgan fingerprint density at radius 1 is 1.31 bits per heavy atom. The highest BCUT2D eigenvalue weighted by Gasteiger charge is 2.36. The van der Waals surface area contributed by atoms with Crippen molar-refractivity contribution in [3.05, 3.63) is 11.6 Å². The van der Waals surface area contributed by atoms with Gasteiger partial charge >= 0.3 is 0 Å². The predicted molar refractivity (Wildman–Crippen MR) is 67.8 cm³/mol. The summed E-state index contributed by atoms with van der Waals surface area (Å²) in [4.78, 5) is 4.67. The van der Waals surface area contributed by atoms with E-state index in [0.717, 1.165) is 24.8 Å². The predicted octanol–water partition coefficient (Wildman–Crippen LogP) is 3.72. The maximum atomic E-state index is 5.73. The van der Waals surface area contributed by atoms with Crippen LogP contribution >= 0.6 is 0 Å². The number of dihydropyridines is 1. The summed E-state index contributed by atoms with van der Waals surface area (Å²) in [5.74, 6) is 1.65. The maximum Gasteiger partial charge on any atom is 0.208 e. The quantitative estimate of drug-likeness (QED) is 0.648. The molecule has 0 spiro atoms. The minimum atomic E-state index is 0.545. The normalized spacial score (nSPS) is 27.6. The Morgan fingerprint density at radius 3 is 2.81 bits per heavy atom. The van der Waals surface area contributed by atoms with Crippen LogP contribution in [0.25, 0.3) is 0 Å². The van der Waals surface area contributed by atoms with Gasteiger partial charge in [0.15, 0.2) is 0 Å². The molecule has 1 aliphatic heterocycles. The molecule has 2 heteroatoms. The van der Waals surface area contributed by atoms with Crippen molar-refractivity contribution in [2.24, 2.45) is 10.9 Å². The number of unbranched alkanes of at least 4 members (excludes halogenated alkanes) is 1. The van der Waals surface area contributed by atoms with Crippen molar-refractivity contribution in [3.8, 4) is 0 Å². The molecule has 2 atom stereocenters. The minimum Gasteiger partial charge on any atom is -0.478 e. The van der Waals surface area contributed by atoms with Gasteiger partial charge in [-0.2, -0.15) is 0 Å². The first kappa shape index (κ1) is 11.7. The number of ether oxygens (including phenoxy) is 1. The van der Waals surface area contributed by atoms with E-state index in [2.05, 4.69) is 24.9 Å². The lowest BCUT2D eigenvalue weighted by Gasteiger charge is -2.38. The van der Waals surface area contributed by atoms with Gasteiger partial charge in [-0.25, -0.2) is 4.99 Å². The molecule has 0 amide bonds. The Balaban J connectivity index is 1.93. The van der Waals surface area contributed by atoms with Gasteiger partial charge in [-0.1, -0.05) is 32.3 Å². The lowest BCUT2D eigenvalue weighted by atomic mass is 9.72. The van der Waals surface area contributed by atoms with E-state index in [0.29, 0.717) is 6.04 Å². The zero-order valence-corrected chi connectivity index (χ0v) is 10.5. The van der Waals surface area contributed by atoms with Crippen LogP contribution < -0.4 is 0 Å². The second-order valence-corrected chi connectivity index (χ2v) is 4.89. The highest BCUT2D eigenvalue weighted by atomic mass is 16.5. The van der Waals surface area contributed by atoms with Gasteiger partial charge < -0.3 is 4.74 Å². The van der Waals surface area contributed by atoms with E-state index in [1.54, 1.807) is 5.57 Å². The molecule has 1 aliphatic carbocycles. The Labute approximate surface area is 98.8 Å². The maximum absolute atomic E-state index is 5.73. The third-order valence-electron chi connectivity index (χ3n) is 3.60. The minimum absolute atomic E-state index is 0.545. The average molecular weight is 221 g/mol. The zero-order chi connectivity index (χ0) is 11.4. The molecule has 0 aromatic rings. The number of nitrogens with zero attached hydrogens (tertiary/aromatic N) is 1. The first-order valence-corrected chi connectivity index (χ1v) is 6.76. The number of fused-ring (bicyclic) bond motifs is 1. The molecule has 1 saturated carbocycles. The van der Waals surface area contributed by atoms with Crippen molar-refractivity contribution in [1.82, 2.24) is 0 Å². The van der Waals surface area contributed by atoms with Crippen LogP contribution in [0.3, 0.4) is 0 Å². The molecule has 16 heavy (non-hydrogen) atoms. The molecule has 2 aliphatic rings. The SMILES string of the molecule is CCCCOC1=NC2CCC2C(CCC)=C1. The summed E-state index contributed by atoms with van der Waals surface area (Å²) < 4.78 is 5.73. The first-order valence-electron chi connectivity index (χ1n) is 6.76. The molecule has 90 valence electrons. The van der Waals surface area contributed by atoms with Gasteiger partial charge in [-0.05, 0) is 31.8 Å². The van der Waals surface area contributed by atoms with E-state index < -0.39 is 0 Å². The first-order chi connectivity index (χ1) is 7.85. The third kappa shape index (κ3) is 2.47. The molecule has 2 unspecified atom stereocenters. The van der Waals surface area contributed by atoms with Crippen LogP contribution in [-0.4, -0.2) is 18.5 Å². The van der Waals surface area contributed by atoms with Crippen LogP contribution in [0, 0.1) is 5.92 Å². The third-order valence-corrected chi connectivity index (χ3v) is 3.60. The Hall–Kier alpha value is -0.790. The Morgan fingerprint density at radius 2 is 2.19 bits per heavy atom. The molecule has 0 bridgehead atoms. The molecule has 1 heterocycles. The van der Waals surface area contributed by atoms with Gasteiger partial charge in [-0.15, -0.1) is 0 Å². The standard InChI is InChI=1S/C14H23NO/c1-3-5-9-16-14-10-11(6-4-2)12-7-8-13(12)15-14/h10,12-13H,3-9H2,1-2H3. The van der Waals surface area contributed by atoms with Crippen LogP contribution in [0.1, 0.15) is 52.4 Å². The summed E-state index contributed by atoms with van der Waals surface area (Å²) >= 11 is 0. The molecular formula is C14H23NO. The van der Waals surface area contributed by atoms with Gasteiger partial charge in [0.1, 0.15) is 0 Å². The highest BCUT2D eigenvalue weighted by Crippen LogP contribution is 2.40. The van der Waals surface area contributed by atoms with Gasteiger partial charge in [0, 0.05) is 5.92 Å². The van der Waals surface area contributed by atoms with Crippen molar-refractivity contribution in [2.45, 2.75) is 58.4 Å². The lowest BCUT2D eigenvalue weighted by molar-refractivity contribution is 0.257. The topological polar surface area (TPSA) is 21.6 Å². The molecule has 0 N–H and O–H groups in total. The van der Waals surface area contributed by atoms with Gasteiger partial charge in [0.2, 0.25) is 5.90 Å². The fourth-order valence-electron chi connectivity index (χ4n) is 2.48. The zero-order valence-electron chi connectivity index (χ0n) is 10.5. The Bertz CT molecular complexity index is 293. The molecule has 0 saturated heterocycles. The molecule has 0 radical (unpaired) electrons. The number of hydrogen-bond acceptors (Lipinski definition) is 2. The van der Waals surface area contributed by atoms with Crippen LogP contribution in [0.2, 0.25) is 0 Å². The van der Waals surface area contributed by atoms with Crippen molar-refractivity contribution in [2.75, 3.05) is 6.61 Å². The summed E-state index contributed by atoms with van der Waals surface area (Å²) in [6.07, 6.45) is 9.57. The summed E-state index contributed by atoms with van der Waals surface area (Å²) in [7, 11) is 0. The Kier molecular flexibility index (Phi) is 4.03. The monoisotopic (exact) mass is 221 g/mol. The fourth-order valence-corrected chi connectivity index (χ4v) is 2.48. The smallest absolute Gasteiger partial charge is 0.208 e. The number of hydrogen-bond donors (Lipinski definition) is 0. The van der Waals surface area contributed by atoms with Crippen LogP contribution in [0.15, 0.2) is 16.6 Å². The van der Waals surface area contributed by atoms with E-state index in [9.17, 15) is 0 Å². The van der Waals surface area contributed by atoms with Crippen molar-refractivity contribution in [3.63, 3.8) is 0 Å². The second-order valence-electron chi connectivity index (χ2n) is 4.89. The van der Waals surface area contributed by atoms with E-state index in [-0.39, 0.29) is 0 Å². The van der Waals surface area contributed by atoms with Crippen molar-refractivity contribution >= 4 is 5.90 Å². The highest BCUT2D eigenvalue weighted by molar-refractivity contribution is 5.89. The molecule has 2 nitrogen and oxygen atoms in total. The van der Waals surface area contributed by atoms with Crippen LogP contribution in [0.4, 0.5) is 0 Å². The average Bonchev–Trinajstić information content (AvgIpc) is 2.23. The summed E-state index contributed by atoms with van der Waals surface area (Å²) in [5, 5.41) is 0. The molecule has 2 rings (SSSR count). The van der Waals surface area contributed by atoms with Gasteiger partial charge in [0.25, 0.3) is 0 Å². The number of aliphatic imine (C=N–C) groups is 1. The van der Waals surface area contributed by atoms with Crippen LogP contribution in [-0.2, 0) is 4.74 Å². The fraction of sp³-hybridized carbons (Fsp3) is 0.786. The van der Waals surface area contributed by atoms with Gasteiger partial charge in [-0.3, -0.25) is 0 Å². The lowest BCUT2D eigenvalue weighted by Crippen LogP contribution is -2.35. The molecular weight excluding hydrogens is 198 g/mol. The molecule has 0 aromatic heterocycles. The van der Waals surface area contributed by atoms with E-state index in [1.165, 1.54) is 32.1 Å². The molecule has 0 aromatic carbocycles. The second kappa shape index (κ2) is 5.51. The van der Waals surface area contributed by atoms with E-state index in [1.807, 2.05) is 0 Å². The molecule has 1 fully saturated rings. The van der Waals surface area contributed by atoms with Crippen LogP contribution in [0.5, 0.6) is 0 Å². The summed E-state index contributed by atoms with van der Waals surface area (Å²) in [5.41, 5.74) is 1.58. The largest absolute Gasteiger partial charge is 0.478 e. The number of rotatable bonds is 5. The van der Waals surface area contributed by atoms with Gasteiger partial charge in [0.05, 0.1) is 12.6 Å². The summed E-state index contributed by atoms with van der Waals surface area (Å²) in [6.45, 7) is 5.26. The van der Waals surface area contributed by atoms with Crippen molar-refractivity contribution < 1.29 is 4.74 Å². The van der Waals surface area contributed by atoms with E-state index in [4.69, 9.17) is 4.74 Å². The van der Waals surface area contributed by atoms with Crippen molar-refractivity contribution in [1.29, 1.82) is 0 Å².